The summed E-state index contributed by atoms with van der Waals surface area (Å²) in [4.78, 5) is 7.08. The number of unbranched alkanes of at least 4 members (excludes halogenated alkanes) is 1. The maximum absolute atomic E-state index is 4.73. The minimum absolute atomic E-state index is 0.586. The Morgan fingerprint density at radius 3 is 2.65 bits per heavy atom. The Balaban J connectivity index is 2.00. The fraction of sp³-hybridized carbons (Fsp3) is 0.786. The van der Waals surface area contributed by atoms with E-state index in [1.54, 1.807) is 0 Å². The van der Waals surface area contributed by atoms with Gasteiger partial charge in [-0.2, -0.15) is 0 Å². The molecule has 1 N–H and O–H groups in total. The van der Waals surface area contributed by atoms with Gasteiger partial charge in [-0.3, -0.25) is 0 Å². The highest BCUT2D eigenvalue weighted by atomic mass is 15.3. The summed E-state index contributed by atoms with van der Waals surface area (Å²) in [5.74, 6) is 2.87. The van der Waals surface area contributed by atoms with Crippen molar-refractivity contribution in [1.29, 1.82) is 0 Å². The Bertz CT molecular complexity index is 445. The van der Waals surface area contributed by atoms with Crippen LogP contribution in [0.2, 0.25) is 0 Å². The van der Waals surface area contributed by atoms with Crippen LogP contribution in [0.4, 0.5) is 0 Å². The fourth-order valence-corrected chi connectivity index (χ4v) is 2.31. The molecule has 6 heteroatoms. The van der Waals surface area contributed by atoms with Crippen LogP contribution < -0.4 is 5.32 Å². The average Bonchev–Trinajstić information content (AvgIpc) is 3.07. The molecule has 0 atom stereocenters. The second-order valence-electron chi connectivity index (χ2n) is 5.34. The molecule has 6 nitrogen and oxygen atoms in total. The van der Waals surface area contributed by atoms with Gasteiger partial charge in [-0.05, 0) is 26.2 Å². The van der Waals surface area contributed by atoms with Gasteiger partial charge >= 0.3 is 0 Å². The van der Waals surface area contributed by atoms with Crippen LogP contribution in [-0.4, -0.2) is 45.3 Å². The van der Waals surface area contributed by atoms with E-state index in [2.05, 4.69) is 27.3 Å². The van der Waals surface area contributed by atoms with E-state index in [1.165, 1.54) is 25.7 Å². The maximum Gasteiger partial charge on any atom is 0.194 e. The highest BCUT2D eigenvalue weighted by Crippen LogP contribution is 2.08. The van der Waals surface area contributed by atoms with E-state index >= 15 is 0 Å². The van der Waals surface area contributed by atoms with E-state index in [-0.39, 0.29) is 0 Å². The third-order valence-corrected chi connectivity index (χ3v) is 3.77. The molecule has 1 aliphatic rings. The van der Waals surface area contributed by atoms with Crippen LogP contribution in [0.25, 0.3) is 0 Å². The number of nitrogens with one attached hydrogen (secondary N) is 1. The molecule has 112 valence electrons. The Morgan fingerprint density at radius 2 is 2.05 bits per heavy atom. The molecule has 0 radical (unpaired) electrons. The minimum atomic E-state index is 0.586. The molecule has 1 fully saturated rings. The molecule has 1 aromatic heterocycles. The highest BCUT2D eigenvalue weighted by molar-refractivity contribution is 5.80. The van der Waals surface area contributed by atoms with Crippen LogP contribution >= 0.6 is 0 Å². The fourth-order valence-electron chi connectivity index (χ4n) is 2.31. The summed E-state index contributed by atoms with van der Waals surface area (Å²) in [7, 11) is 1.99. The number of aryl methyl sites for hydroxylation is 1. The summed E-state index contributed by atoms with van der Waals surface area (Å²) in [5.41, 5.74) is 0. The van der Waals surface area contributed by atoms with Crippen LogP contribution in [0.3, 0.4) is 0 Å². The van der Waals surface area contributed by atoms with Crippen molar-refractivity contribution in [2.24, 2.45) is 12.0 Å². The van der Waals surface area contributed by atoms with Crippen molar-refractivity contribution >= 4 is 5.96 Å². The highest BCUT2D eigenvalue weighted by Gasteiger charge is 2.16. The van der Waals surface area contributed by atoms with Gasteiger partial charge in [-0.25, -0.2) is 4.99 Å². The van der Waals surface area contributed by atoms with Crippen LogP contribution in [0.5, 0.6) is 0 Å². The van der Waals surface area contributed by atoms with Crippen molar-refractivity contribution in [3.05, 3.63) is 11.6 Å². The SMILES string of the molecule is CCCCNC(=NCc1nnc(C)n1C)N1CCCC1. The van der Waals surface area contributed by atoms with Crippen LogP contribution in [0.15, 0.2) is 4.99 Å². The molecule has 0 spiro atoms. The van der Waals surface area contributed by atoms with Gasteiger partial charge in [-0.1, -0.05) is 13.3 Å². The number of rotatable bonds is 5. The predicted molar refractivity (Wildman–Crippen MR) is 80.6 cm³/mol. The van der Waals surface area contributed by atoms with Crippen molar-refractivity contribution in [2.75, 3.05) is 19.6 Å². The summed E-state index contributed by atoms with van der Waals surface area (Å²) in [6, 6.07) is 0. The quantitative estimate of drug-likeness (QED) is 0.503. The molecule has 0 aromatic carbocycles. The summed E-state index contributed by atoms with van der Waals surface area (Å²) >= 11 is 0. The van der Waals surface area contributed by atoms with E-state index in [0.717, 1.165) is 37.2 Å². The molecule has 0 saturated carbocycles. The van der Waals surface area contributed by atoms with Crippen LogP contribution in [-0.2, 0) is 13.6 Å². The van der Waals surface area contributed by atoms with Gasteiger partial charge in [0.25, 0.3) is 0 Å². The molecule has 1 saturated heterocycles. The van der Waals surface area contributed by atoms with Gasteiger partial charge in [0.15, 0.2) is 11.8 Å². The first-order chi connectivity index (χ1) is 9.72. The van der Waals surface area contributed by atoms with Crippen molar-refractivity contribution < 1.29 is 0 Å². The number of hydrogen-bond acceptors (Lipinski definition) is 3. The Hall–Kier alpha value is -1.59. The maximum atomic E-state index is 4.73. The molecule has 0 bridgehead atoms. The summed E-state index contributed by atoms with van der Waals surface area (Å²) in [6.07, 6.45) is 4.90. The molecule has 1 aromatic rings. The zero-order valence-electron chi connectivity index (χ0n) is 12.9. The summed E-state index contributed by atoms with van der Waals surface area (Å²) in [5, 5.41) is 11.7. The molecular formula is C14H26N6. The molecular weight excluding hydrogens is 252 g/mol. The summed E-state index contributed by atoms with van der Waals surface area (Å²) in [6.45, 7) is 7.95. The average molecular weight is 278 g/mol. The van der Waals surface area contributed by atoms with Crippen LogP contribution in [0, 0.1) is 6.92 Å². The lowest BCUT2D eigenvalue weighted by molar-refractivity contribution is 0.489. The standard InChI is InChI=1S/C14H26N6/c1-4-5-8-15-14(20-9-6-7-10-20)16-11-13-18-17-12(2)19(13)3/h4-11H2,1-3H3,(H,15,16). The zero-order valence-corrected chi connectivity index (χ0v) is 12.9. The molecule has 0 aliphatic carbocycles. The molecule has 2 heterocycles. The lowest BCUT2D eigenvalue weighted by Gasteiger charge is -2.21. The number of likely N-dealkylation sites (tertiary alicyclic amines) is 1. The lowest BCUT2D eigenvalue weighted by Crippen LogP contribution is -2.40. The van der Waals surface area contributed by atoms with Gasteiger partial charge in [0.2, 0.25) is 0 Å². The smallest absolute Gasteiger partial charge is 0.194 e. The first-order valence-electron chi connectivity index (χ1n) is 7.60. The normalized spacial score (nSPS) is 15.9. The third kappa shape index (κ3) is 3.71. The van der Waals surface area contributed by atoms with Gasteiger partial charge in [0, 0.05) is 26.7 Å². The predicted octanol–water partition coefficient (Wildman–Crippen LogP) is 1.47. The number of hydrogen-bond donors (Lipinski definition) is 1. The second kappa shape index (κ2) is 7.26. The number of aromatic nitrogens is 3. The van der Waals surface area contributed by atoms with Gasteiger partial charge in [0.05, 0.1) is 0 Å². The van der Waals surface area contributed by atoms with E-state index < -0.39 is 0 Å². The van der Waals surface area contributed by atoms with Gasteiger partial charge < -0.3 is 14.8 Å². The molecule has 0 unspecified atom stereocenters. The van der Waals surface area contributed by atoms with Crippen molar-refractivity contribution in [2.45, 2.75) is 46.1 Å². The topological polar surface area (TPSA) is 58.3 Å². The van der Waals surface area contributed by atoms with E-state index in [9.17, 15) is 0 Å². The zero-order chi connectivity index (χ0) is 14.4. The minimum Gasteiger partial charge on any atom is -0.356 e. The Labute approximate surface area is 121 Å². The number of guanidine groups is 1. The van der Waals surface area contributed by atoms with Crippen molar-refractivity contribution in [3.8, 4) is 0 Å². The Kier molecular flexibility index (Phi) is 5.38. The van der Waals surface area contributed by atoms with E-state index in [0.29, 0.717) is 6.54 Å². The van der Waals surface area contributed by atoms with Crippen molar-refractivity contribution in [1.82, 2.24) is 25.0 Å². The largest absolute Gasteiger partial charge is 0.356 e. The second-order valence-corrected chi connectivity index (χ2v) is 5.34. The first kappa shape index (κ1) is 14.8. The van der Waals surface area contributed by atoms with Gasteiger partial charge in [0.1, 0.15) is 12.4 Å². The third-order valence-electron chi connectivity index (χ3n) is 3.77. The lowest BCUT2D eigenvalue weighted by atomic mass is 10.3. The molecule has 0 amide bonds. The Morgan fingerprint density at radius 1 is 1.30 bits per heavy atom. The number of aliphatic imine (C=N–C) groups is 1. The monoisotopic (exact) mass is 278 g/mol. The van der Waals surface area contributed by atoms with Crippen LogP contribution in [0.1, 0.15) is 44.3 Å². The van der Waals surface area contributed by atoms with Gasteiger partial charge in [-0.15, -0.1) is 10.2 Å². The van der Waals surface area contributed by atoms with E-state index in [1.807, 2.05) is 18.5 Å². The first-order valence-corrected chi connectivity index (χ1v) is 7.60. The summed E-state index contributed by atoms with van der Waals surface area (Å²) < 4.78 is 2.00. The molecule has 1 aliphatic heterocycles. The number of nitrogens with zero attached hydrogens (tertiary/aromatic N) is 5. The van der Waals surface area contributed by atoms with Crippen molar-refractivity contribution in [3.63, 3.8) is 0 Å². The molecule has 2 rings (SSSR count). The van der Waals surface area contributed by atoms with E-state index in [4.69, 9.17) is 4.99 Å². The molecule has 20 heavy (non-hydrogen) atoms.